The first-order valence-electron chi connectivity index (χ1n) is 18.6. The normalized spacial score (nSPS) is 14.0. The molecule has 6 rings (SSSR count). The van der Waals surface area contributed by atoms with Crippen molar-refractivity contribution in [1.82, 2.24) is 8.15 Å². The zero-order valence-corrected chi connectivity index (χ0v) is 35.5. The van der Waals surface area contributed by atoms with Crippen LogP contribution in [-0.4, -0.2) is 41.7 Å². The Kier molecular flexibility index (Phi) is 12.7. The van der Waals surface area contributed by atoms with E-state index in [0.717, 1.165) is 0 Å². The van der Waals surface area contributed by atoms with Crippen LogP contribution in [0.15, 0.2) is 182 Å². The molecular formula is C43H42F6N2O4P2S2. The minimum absolute atomic E-state index is 0.442. The molecule has 0 radical (unpaired) electrons. The van der Waals surface area contributed by atoms with Crippen molar-refractivity contribution in [3.05, 3.63) is 182 Å². The van der Waals surface area contributed by atoms with Gasteiger partial charge in [0, 0.05) is 0 Å². The number of alkyl halides is 6. The van der Waals surface area contributed by atoms with E-state index in [4.69, 9.17) is 0 Å². The summed E-state index contributed by atoms with van der Waals surface area (Å²) in [5.41, 5.74) is -16.1. The Morgan fingerprint density at radius 2 is 0.576 bits per heavy atom. The number of halogens is 6. The molecule has 0 saturated carbocycles. The Bertz CT molecular complexity index is 2170. The van der Waals surface area contributed by atoms with E-state index in [2.05, 4.69) is 0 Å². The van der Waals surface area contributed by atoms with Gasteiger partial charge in [0.15, 0.2) is 0 Å². The van der Waals surface area contributed by atoms with Gasteiger partial charge < -0.3 is 0 Å². The van der Waals surface area contributed by atoms with E-state index < -0.39 is 68.1 Å². The van der Waals surface area contributed by atoms with Gasteiger partial charge in [0.25, 0.3) is 0 Å². The number of nitrogens with zero attached hydrogens (tertiary/aromatic N) is 2. The van der Waals surface area contributed by atoms with Crippen molar-refractivity contribution in [3.63, 3.8) is 0 Å². The fourth-order valence-electron chi connectivity index (χ4n) is 8.40. The average molecular weight is 891 g/mol. The van der Waals surface area contributed by atoms with Crippen LogP contribution in [0.5, 0.6) is 0 Å². The monoisotopic (exact) mass is 890 g/mol. The van der Waals surface area contributed by atoms with E-state index in [1.165, 1.54) is 13.8 Å². The van der Waals surface area contributed by atoms with Gasteiger partial charge in [0.05, 0.1) is 0 Å². The van der Waals surface area contributed by atoms with Crippen LogP contribution in [0.1, 0.15) is 26.7 Å². The van der Waals surface area contributed by atoms with Crippen molar-refractivity contribution in [2.24, 2.45) is 0 Å². The maximum absolute atomic E-state index is 15.3. The molecule has 0 amide bonds. The summed E-state index contributed by atoms with van der Waals surface area (Å²) >= 11 is 0. The second-order valence-electron chi connectivity index (χ2n) is 13.7. The van der Waals surface area contributed by atoms with Crippen LogP contribution in [0, 0.1) is 0 Å². The van der Waals surface area contributed by atoms with Crippen LogP contribution in [0.25, 0.3) is 0 Å². The molecule has 0 bridgehead atoms. The molecule has 0 atom stereocenters. The summed E-state index contributed by atoms with van der Waals surface area (Å²) in [6, 6.07) is 51.1. The summed E-state index contributed by atoms with van der Waals surface area (Å²) in [5.74, 6) is 0. The molecule has 6 aromatic carbocycles. The molecule has 16 heteroatoms. The zero-order valence-electron chi connectivity index (χ0n) is 31.8. The first kappa shape index (κ1) is 44.1. The molecule has 59 heavy (non-hydrogen) atoms. The third-order valence-electron chi connectivity index (χ3n) is 10.7. The molecular weight excluding hydrogens is 849 g/mol. The quantitative estimate of drug-likeness (QED) is 0.0629. The van der Waals surface area contributed by atoms with E-state index in [1.54, 1.807) is 186 Å². The van der Waals surface area contributed by atoms with E-state index in [1.807, 2.05) is 0 Å². The third kappa shape index (κ3) is 7.32. The van der Waals surface area contributed by atoms with Gasteiger partial charge in [-0.25, -0.2) is 0 Å². The predicted octanol–water partition coefficient (Wildman–Crippen LogP) is 8.09. The van der Waals surface area contributed by atoms with Crippen molar-refractivity contribution in [2.75, 3.05) is 0 Å². The van der Waals surface area contributed by atoms with Crippen LogP contribution >= 0.6 is 14.8 Å². The van der Waals surface area contributed by atoms with Crippen molar-refractivity contribution >= 4 is 66.7 Å². The molecule has 0 unspecified atom stereocenters. The van der Waals surface area contributed by atoms with Gasteiger partial charge in [-0.2, -0.15) is 0 Å². The summed E-state index contributed by atoms with van der Waals surface area (Å²) in [6.07, 6.45) is -1.70. The van der Waals surface area contributed by atoms with Crippen LogP contribution in [0.4, 0.5) is 26.3 Å². The topological polar surface area (TPSA) is 74.8 Å². The zero-order chi connectivity index (χ0) is 42.7. The van der Waals surface area contributed by atoms with E-state index in [-0.39, 0.29) is 0 Å². The summed E-state index contributed by atoms with van der Waals surface area (Å²) in [7, 11) is -24.1. The van der Waals surface area contributed by atoms with Crippen LogP contribution in [-0.2, 0) is 20.0 Å². The molecule has 0 aliphatic heterocycles. The number of sulfonamides is 2. The second-order valence-corrected chi connectivity index (χ2v) is 25.2. The van der Waals surface area contributed by atoms with Crippen LogP contribution in [0.2, 0.25) is 0 Å². The molecule has 6 aromatic rings. The minimum atomic E-state index is -7.39. The van der Waals surface area contributed by atoms with Crippen LogP contribution < -0.4 is 31.8 Å². The van der Waals surface area contributed by atoms with Gasteiger partial charge in [-0.15, -0.1) is 0 Å². The number of hydrogen-bond donors (Lipinski definition) is 0. The molecule has 0 heterocycles. The molecule has 0 N–H and O–H groups in total. The Balaban J connectivity index is 2.10. The van der Waals surface area contributed by atoms with Gasteiger partial charge in [-0.05, 0) is 0 Å². The number of rotatable bonds is 14. The van der Waals surface area contributed by atoms with Gasteiger partial charge in [0.1, 0.15) is 0 Å². The molecule has 0 saturated heterocycles. The standard InChI is InChI=1S/C43H42F6N2O4P2S2/c1-3-41(4-2,51(58(52,53)42(44,45)46)59(54,55)43(47,48)49)50(56(35-23-11-5-12-24-35,36-25-13-6-14-26-36)37-27-15-7-16-28-37)57(38-29-17-8-18-30-38,39-31-19-9-20-32-39)40-33-21-10-22-34-40/h5-34,56-57H,3-4H2,1-2H3. The van der Waals surface area contributed by atoms with Gasteiger partial charge >= 0.3 is 343 Å². The summed E-state index contributed by atoms with van der Waals surface area (Å²) < 4.78 is 150. The van der Waals surface area contributed by atoms with Crippen molar-refractivity contribution < 1.29 is 43.2 Å². The Labute approximate surface area is 342 Å². The summed E-state index contributed by atoms with van der Waals surface area (Å²) in [5, 5.41) is 2.65. The van der Waals surface area contributed by atoms with Crippen molar-refractivity contribution in [2.45, 2.75) is 43.4 Å². The Morgan fingerprint density at radius 1 is 0.390 bits per heavy atom. The Morgan fingerprint density at radius 3 is 0.729 bits per heavy atom. The third-order valence-corrected chi connectivity index (χ3v) is 25.8. The van der Waals surface area contributed by atoms with Gasteiger partial charge in [-0.1, -0.05) is 0 Å². The number of hydrogen-bond acceptors (Lipinski definition) is 5. The molecule has 6 nitrogen and oxygen atoms in total. The molecule has 312 valence electrons. The van der Waals surface area contributed by atoms with Gasteiger partial charge in [-0.3, -0.25) is 0 Å². The fourth-order valence-corrected chi connectivity index (χ4v) is 26.2. The van der Waals surface area contributed by atoms with Crippen molar-refractivity contribution in [3.8, 4) is 0 Å². The van der Waals surface area contributed by atoms with Gasteiger partial charge in [0.2, 0.25) is 0 Å². The average Bonchev–Trinajstić information content (AvgIpc) is 3.24. The van der Waals surface area contributed by atoms with Crippen molar-refractivity contribution in [1.29, 1.82) is 0 Å². The van der Waals surface area contributed by atoms with E-state index in [0.29, 0.717) is 31.8 Å². The van der Waals surface area contributed by atoms with E-state index >= 15 is 26.3 Å². The second kappa shape index (κ2) is 16.9. The molecule has 0 fully saturated rings. The Hall–Kier alpha value is -4.42. The van der Waals surface area contributed by atoms with Crippen LogP contribution in [0.3, 0.4) is 0 Å². The SMILES string of the molecule is CCC(CC)(N([PH](c1ccccc1)(c1ccccc1)c1ccccc1)[PH](c1ccccc1)(c1ccccc1)c1ccccc1)N(S(=O)(=O)C(F)(F)F)S(=O)(=O)C(F)(F)F. The molecule has 0 aliphatic carbocycles. The van der Waals surface area contributed by atoms with E-state index in [9.17, 15) is 16.8 Å². The summed E-state index contributed by atoms with van der Waals surface area (Å²) in [4.78, 5) is 0. The molecule has 0 spiro atoms. The fraction of sp³-hybridized carbons (Fsp3) is 0.163. The predicted molar refractivity (Wildman–Crippen MR) is 230 cm³/mol. The first-order chi connectivity index (χ1) is 28.0. The molecule has 0 aliphatic rings. The number of benzene rings is 6. The summed E-state index contributed by atoms with van der Waals surface area (Å²) in [6.45, 7) is 2.48. The first-order valence-corrected chi connectivity index (χ1v) is 25.3. The molecule has 0 aromatic heterocycles. The maximum atomic E-state index is 15.3.